The lowest BCUT2D eigenvalue weighted by Gasteiger charge is -2.19. The summed E-state index contributed by atoms with van der Waals surface area (Å²) in [6, 6.07) is 5.69. The van der Waals surface area contributed by atoms with Crippen LogP contribution in [0.4, 0.5) is 0 Å². The fourth-order valence-corrected chi connectivity index (χ4v) is 2.16. The van der Waals surface area contributed by atoms with Crippen LogP contribution in [0.3, 0.4) is 0 Å². The minimum Gasteiger partial charge on any atom is -0.493 e. The van der Waals surface area contributed by atoms with E-state index in [0.717, 1.165) is 18.4 Å². The van der Waals surface area contributed by atoms with Crippen molar-refractivity contribution in [2.45, 2.75) is 18.3 Å². The number of hydrogen-bond acceptors (Lipinski definition) is 4. The topological polar surface area (TPSA) is 68.3 Å². The van der Waals surface area contributed by atoms with Crippen LogP contribution in [0.25, 0.3) is 0 Å². The lowest BCUT2D eigenvalue weighted by Crippen LogP contribution is -2.21. The fourth-order valence-electron chi connectivity index (χ4n) is 2.16. The Bertz CT molecular complexity index is 473. The Balaban J connectivity index is 2.60. The van der Waals surface area contributed by atoms with Crippen molar-refractivity contribution >= 4 is 0 Å². The number of rotatable bonds is 4. The highest BCUT2D eigenvalue weighted by Crippen LogP contribution is 2.52. The standard InChI is InChI=1S/C13H16N2O2/c1-16-11-6-9(7-14)5-10(12(11)17-2)13(8-15)3-4-13/h5-6H,3-4,8,15H2,1-2H3. The quantitative estimate of drug-likeness (QED) is 0.855. The molecule has 1 aromatic rings. The first kappa shape index (κ1) is 11.7. The van der Waals surface area contributed by atoms with Crippen LogP contribution in [0.15, 0.2) is 12.1 Å². The highest BCUT2D eigenvalue weighted by molar-refractivity contribution is 5.57. The molecule has 1 saturated carbocycles. The van der Waals surface area contributed by atoms with Crippen LogP contribution < -0.4 is 15.2 Å². The molecule has 0 spiro atoms. The van der Waals surface area contributed by atoms with E-state index in [1.807, 2.05) is 6.07 Å². The maximum atomic E-state index is 9.03. The summed E-state index contributed by atoms with van der Waals surface area (Å²) in [6.45, 7) is 0.571. The molecule has 0 heterocycles. The van der Waals surface area contributed by atoms with Gasteiger partial charge < -0.3 is 15.2 Å². The largest absolute Gasteiger partial charge is 0.493 e. The third kappa shape index (κ3) is 1.83. The molecule has 1 fully saturated rings. The molecule has 17 heavy (non-hydrogen) atoms. The van der Waals surface area contributed by atoms with Gasteiger partial charge in [0.1, 0.15) is 0 Å². The molecule has 0 atom stereocenters. The maximum Gasteiger partial charge on any atom is 0.164 e. The van der Waals surface area contributed by atoms with Gasteiger partial charge in [0.25, 0.3) is 0 Å². The van der Waals surface area contributed by atoms with Gasteiger partial charge in [0, 0.05) is 23.6 Å². The first-order valence-corrected chi connectivity index (χ1v) is 5.57. The number of hydrogen-bond donors (Lipinski definition) is 1. The lowest BCUT2D eigenvalue weighted by atomic mass is 9.93. The van der Waals surface area contributed by atoms with Gasteiger partial charge in [-0.25, -0.2) is 0 Å². The fraction of sp³-hybridized carbons (Fsp3) is 0.462. The molecule has 4 heteroatoms. The SMILES string of the molecule is COc1cc(C#N)cc(C2(CN)CC2)c1OC. The van der Waals surface area contributed by atoms with E-state index in [4.69, 9.17) is 20.5 Å². The zero-order valence-corrected chi connectivity index (χ0v) is 10.1. The van der Waals surface area contributed by atoms with Crippen LogP contribution in [0.2, 0.25) is 0 Å². The average Bonchev–Trinajstić information content (AvgIpc) is 3.17. The molecule has 1 aliphatic carbocycles. The van der Waals surface area contributed by atoms with Crippen molar-refractivity contribution in [1.29, 1.82) is 5.26 Å². The first-order chi connectivity index (χ1) is 8.20. The summed E-state index contributed by atoms with van der Waals surface area (Å²) in [5.74, 6) is 1.30. The smallest absolute Gasteiger partial charge is 0.164 e. The average molecular weight is 232 g/mol. The van der Waals surface area contributed by atoms with E-state index < -0.39 is 0 Å². The van der Waals surface area contributed by atoms with E-state index in [2.05, 4.69) is 6.07 Å². The third-order valence-corrected chi connectivity index (χ3v) is 3.42. The third-order valence-electron chi connectivity index (χ3n) is 3.42. The number of nitrogens with zero attached hydrogens (tertiary/aromatic N) is 1. The van der Waals surface area contributed by atoms with E-state index in [-0.39, 0.29) is 5.41 Å². The molecule has 2 rings (SSSR count). The van der Waals surface area contributed by atoms with Crippen molar-refractivity contribution in [3.63, 3.8) is 0 Å². The Morgan fingerprint density at radius 2 is 2.06 bits per heavy atom. The van der Waals surface area contributed by atoms with Gasteiger partial charge in [0.2, 0.25) is 0 Å². The Morgan fingerprint density at radius 1 is 1.35 bits per heavy atom. The van der Waals surface area contributed by atoms with E-state index >= 15 is 0 Å². The molecule has 4 nitrogen and oxygen atoms in total. The van der Waals surface area contributed by atoms with Gasteiger partial charge in [-0.05, 0) is 18.9 Å². The van der Waals surface area contributed by atoms with E-state index in [0.29, 0.717) is 23.6 Å². The van der Waals surface area contributed by atoms with Crippen LogP contribution in [-0.2, 0) is 5.41 Å². The Kier molecular flexibility index (Phi) is 2.95. The maximum absolute atomic E-state index is 9.03. The number of methoxy groups -OCH3 is 2. The molecule has 0 saturated heterocycles. The second-order valence-electron chi connectivity index (χ2n) is 4.36. The van der Waals surface area contributed by atoms with Gasteiger partial charge in [-0.2, -0.15) is 5.26 Å². The van der Waals surface area contributed by atoms with Crippen molar-refractivity contribution in [3.05, 3.63) is 23.3 Å². The predicted octanol–water partition coefficient (Wildman–Crippen LogP) is 1.57. The van der Waals surface area contributed by atoms with Gasteiger partial charge in [0.05, 0.1) is 25.9 Å². The predicted molar refractivity (Wildman–Crippen MR) is 64.2 cm³/mol. The highest BCUT2D eigenvalue weighted by Gasteiger charge is 2.45. The van der Waals surface area contributed by atoms with Crippen molar-refractivity contribution in [2.24, 2.45) is 5.73 Å². The first-order valence-electron chi connectivity index (χ1n) is 5.57. The molecule has 1 aliphatic rings. The van der Waals surface area contributed by atoms with Gasteiger partial charge in [-0.15, -0.1) is 0 Å². The molecular formula is C13H16N2O2. The lowest BCUT2D eigenvalue weighted by molar-refractivity contribution is 0.348. The second-order valence-corrected chi connectivity index (χ2v) is 4.36. The Hall–Kier alpha value is -1.73. The Labute approximate surface area is 101 Å². The van der Waals surface area contributed by atoms with Crippen molar-refractivity contribution in [3.8, 4) is 17.6 Å². The number of ether oxygens (including phenoxy) is 2. The van der Waals surface area contributed by atoms with Gasteiger partial charge in [0.15, 0.2) is 11.5 Å². The van der Waals surface area contributed by atoms with Crippen molar-refractivity contribution in [1.82, 2.24) is 0 Å². The minimum absolute atomic E-state index is 0.0223. The van der Waals surface area contributed by atoms with Crippen molar-refractivity contribution in [2.75, 3.05) is 20.8 Å². The van der Waals surface area contributed by atoms with Gasteiger partial charge in [-0.3, -0.25) is 0 Å². The molecule has 0 aliphatic heterocycles. The molecule has 0 radical (unpaired) electrons. The minimum atomic E-state index is -0.0223. The molecule has 90 valence electrons. The molecule has 1 aromatic carbocycles. The van der Waals surface area contributed by atoms with Crippen LogP contribution in [0.1, 0.15) is 24.0 Å². The van der Waals surface area contributed by atoms with Gasteiger partial charge in [-0.1, -0.05) is 0 Å². The summed E-state index contributed by atoms with van der Waals surface area (Å²) in [4.78, 5) is 0. The zero-order chi connectivity index (χ0) is 12.5. The zero-order valence-electron chi connectivity index (χ0n) is 10.1. The monoisotopic (exact) mass is 232 g/mol. The van der Waals surface area contributed by atoms with Crippen molar-refractivity contribution < 1.29 is 9.47 Å². The number of nitrogens with two attached hydrogens (primary N) is 1. The second kappa shape index (κ2) is 4.27. The van der Waals surface area contributed by atoms with Gasteiger partial charge >= 0.3 is 0 Å². The number of benzene rings is 1. The molecule has 0 bridgehead atoms. The molecule has 0 unspecified atom stereocenters. The van der Waals surface area contributed by atoms with E-state index in [1.165, 1.54) is 0 Å². The summed E-state index contributed by atoms with van der Waals surface area (Å²) in [5.41, 5.74) is 7.39. The summed E-state index contributed by atoms with van der Waals surface area (Å²) >= 11 is 0. The number of nitriles is 1. The molecule has 2 N–H and O–H groups in total. The van der Waals surface area contributed by atoms with Crippen LogP contribution in [0, 0.1) is 11.3 Å². The Morgan fingerprint density at radius 3 is 2.47 bits per heavy atom. The van der Waals surface area contributed by atoms with E-state index in [1.54, 1.807) is 20.3 Å². The van der Waals surface area contributed by atoms with E-state index in [9.17, 15) is 0 Å². The summed E-state index contributed by atoms with van der Waals surface area (Å²) in [7, 11) is 3.19. The normalized spacial score (nSPS) is 16.1. The summed E-state index contributed by atoms with van der Waals surface area (Å²) in [5, 5.41) is 9.03. The molecule has 0 aromatic heterocycles. The summed E-state index contributed by atoms with van der Waals surface area (Å²) in [6.07, 6.45) is 2.08. The van der Waals surface area contributed by atoms with Crippen LogP contribution >= 0.6 is 0 Å². The summed E-state index contributed by atoms with van der Waals surface area (Å²) < 4.78 is 10.7. The molecule has 0 amide bonds. The van der Waals surface area contributed by atoms with Crippen LogP contribution in [0.5, 0.6) is 11.5 Å². The molecular weight excluding hydrogens is 216 g/mol. The highest BCUT2D eigenvalue weighted by atomic mass is 16.5. The van der Waals surface area contributed by atoms with Crippen LogP contribution in [-0.4, -0.2) is 20.8 Å².